The Morgan fingerprint density at radius 1 is 1.06 bits per heavy atom. The fraction of sp³-hybridized carbons (Fsp3) is 0.179. The quantitative estimate of drug-likeness (QED) is 0.341. The zero-order valence-corrected chi connectivity index (χ0v) is 20.8. The number of barbiturate groups is 1. The van der Waals surface area contributed by atoms with Crippen LogP contribution < -0.4 is 15.0 Å². The molecule has 0 aromatic heterocycles. The van der Waals surface area contributed by atoms with Gasteiger partial charge in [0.15, 0.2) is 0 Å². The number of carbonyl (C=O) groups is 3. The van der Waals surface area contributed by atoms with Crippen LogP contribution in [-0.4, -0.2) is 24.5 Å². The van der Waals surface area contributed by atoms with Crippen LogP contribution >= 0.6 is 11.6 Å². The molecule has 36 heavy (non-hydrogen) atoms. The molecular formula is C28H24ClFN2O4. The normalized spacial score (nSPS) is 14.9. The van der Waals surface area contributed by atoms with Crippen LogP contribution in [0, 0.1) is 19.7 Å². The van der Waals surface area contributed by atoms with E-state index in [1.54, 1.807) is 43.3 Å². The van der Waals surface area contributed by atoms with E-state index in [0.29, 0.717) is 46.2 Å². The number of imide groups is 2. The average molecular weight is 507 g/mol. The van der Waals surface area contributed by atoms with Gasteiger partial charge in [-0.15, -0.1) is 0 Å². The van der Waals surface area contributed by atoms with Crippen LogP contribution in [-0.2, 0) is 16.0 Å². The molecule has 1 heterocycles. The molecule has 1 N–H and O–H groups in total. The lowest BCUT2D eigenvalue weighted by atomic mass is 10.00. The molecule has 0 unspecified atom stereocenters. The second kappa shape index (κ2) is 10.3. The van der Waals surface area contributed by atoms with Crippen LogP contribution in [0.3, 0.4) is 0 Å². The van der Waals surface area contributed by atoms with Gasteiger partial charge in [-0.05, 0) is 73.9 Å². The van der Waals surface area contributed by atoms with Gasteiger partial charge < -0.3 is 4.74 Å². The van der Waals surface area contributed by atoms with Gasteiger partial charge in [-0.1, -0.05) is 41.4 Å². The van der Waals surface area contributed by atoms with Crippen molar-refractivity contribution in [1.82, 2.24) is 5.32 Å². The van der Waals surface area contributed by atoms with Gasteiger partial charge in [0.05, 0.1) is 12.3 Å². The van der Waals surface area contributed by atoms with E-state index in [1.165, 1.54) is 18.2 Å². The van der Waals surface area contributed by atoms with Crippen molar-refractivity contribution in [2.24, 2.45) is 0 Å². The number of aryl methyl sites for hydroxylation is 2. The number of ether oxygens (including phenoxy) is 1. The van der Waals surface area contributed by atoms with Crippen LogP contribution in [0.5, 0.6) is 5.75 Å². The van der Waals surface area contributed by atoms with Crippen LogP contribution in [0.2, 0.25) is 5.02 Å². The molecule has 0 bridgehead atoms. The van der Waals surface area contributed by atoms with E-state index in [-0.39, 0.29) is 11.4 Å². The summed E-state index contributed by atoms with van der Waals surface area (Å²) in [5, 5.41) is 2.57. The number of hydrogen-bond donors (Lipinski definition) is 1. The number of anilines is 1. The van der Waals surface area contributed by atoms with Gasteiger partial charge >= 0.3 is 6.03 Å². The Kier molecular flexibility index (Phi) is 7.22. The number of nitrogens with zero attached hydrogens (tertiary/aromatic N) is 1. The Labute approximate surface area is 213 Å². The molecular weight excluding hydrogens is 483 g/mol. The lowest BCUT2D eigenvalue weighted by Gasteiger charge is -2.27. The third kappa shape index (κ3) is 5.16. The molecule has 0 radical (unpaired) electrons. The van der Waals surface area contributed by atoms with Crippen molar-refractivity contribution < 1.29 is 23.5 Å². The van der Waals surface area contributed by atoms with Crippen molar-refractivity contribution in [3.05, 3.63) is 98.8 Å². The van der Waals surface area contributed by atoms with Gasteiger partial charge in [0, 0.05) is 17.0 Å². The van der Waals surface area contributed by atoms with Crippen molar-refractivity contribution in [2.45, 2.75) is 27.2 Å². The van der Waals surface area contributed by atoms with E-state index in [9.17, 15) is 18.8 Å². The molecule has 1 fully saturated rings. The molecule has 4 rings (SSSR count). The van der Waals surface area contributed by atoms with E-state index in [0.717, 1.165) is 16.0 Å². The van der Waals surface area contributed by atoms with E-state index in [1.807, 2.05) is 19.9 Å². The maximum absolute atomic E-state index is 13.7. The summed E-state index contributed by atoms with van der Waals surface area (Å²) in [6, 6.07) is 13.9. The van der Waals surface area contributed by atoms with Crippen molar-refractivity contribution >= 4 is 41.2 Å². The van der Waals surface area contributed by atoms with Crippen molar-refractivity contribution in [1.29, 1.82) is 0 Å². The Morgan fingerprint density at radius 3 is 2.53 bits per heavy atom. The Bertz CT molecular complexity index is 1420. The van der Waals surface area contributed by atoms with Crippen molar-refractivity contribution in [2.75, 3.05) is 11.5 Å². The number of rotatable bonds is 6. The highest BCUT2D eigenvalue weighted by Gasteiger charge is 2.37. The lowest BCUT2D eigenvalue weighted by molar-refractivity contribution is -0.122. The Morgan fingerprint density at radius 2 is 1.83 bits per heavy atom. The zero-order valence-electron chi connectivity index (χ0n) is 20.0. The summed E-state index contributed by atoms with van der Waals surface area (Å²) in [5.74, 6) is -1.45. The first-order chi connectivity index (χ1) is 17.2. The minimum atomic E-state index is -0.812. The first-order valence-electron chi connectivity index (χ1n) is 11.4. The molecule has 1 saturated heterocycles. The maximum Gasteiger partial charge on any atom is 0.335 e. The number of carbonyl (C=O) groups excluding carboxylic acids is 3. The largest absolute Gasteiger partial charge is 0.494 e. The second-order valence-electron chi connectivity index (χ2n) is 8.47. The smallest absolute Gasteiger partial charge is 0.335 e. The van der Waals surface area contributed by atoms with Crippen LogP contribution in [0.15, 0.2) is 60.2 Å². The molecule has 0 aliphatic carbocycles. The van der Waals surface area contributed by atoms with Crippen LogP contribution in [0.1, 0.15) is 34.7 Å². The molecule has 184 valence electrons. The predicted octanol–water partition coefficient (Wildman–Crippen LogP) is 5.75. The van der Waals surface area contributed by atoms with Gasteiger partial charge in [-0.3, -0.25) is 14.9 Å². The molecule has 0 atom stereocenters. The summed E-state index contributed by atoms with van der Waals surface area (Å²) in [7, 11) is 0. The number of amides is 4. The average Bonchev–Trinajstić information content (AvgIpc) is 2.80. The van der Waals surface area contributed by atoms with Gasteiger partial charge in [0.1, 0.15) is 17.1 Å². The fourth-order valence-corrected chi connectivity index (χ4v) is 4.41. The standard InChI is InChI=1S/C28H24ClFN2O4/c1-4-36-25-15-19(14-23(29)21(25)12-18-6-5-7-20(30)11-18)13-22-26(33)31-28(35)32(27(22)34)24-9-8-16(2)10-17(24)3/h5-11,13-15H,4,12H2,1-3H3,(H,31,33,35)/b22-13+. The van der Waals surface area contributed by atoms with Crippen molar-refractivity contribution in [3.8, 4) is 5.75 Å². The van der Waals surface area contributed by atoms with E-state index < -0.39 is 17.8 Å². The van der Waals surface area contributed by atoms with E-state index in [2.05, 4.69) is 5.32 Å². The summed E-state index contributed by atoms with van der Waals surface area (Å²) in [6.45, 7) is 5.85. The first kappa shape index (κ1) is 25.1. The molecule has 3 aromatic rings. The number of hydrogen-bond acceptors (Lipinski definition) is 4. The molecule has 0 saturated carbocycles. The number of nitrogens with one attached hydrogen (secondary N) is 1. The number of urea groups is 1. The molecule has 4 amide bonds. The third-order valence-corrected chi connectivity index (χ3v) is 6.09. The first-order valence-corrected chi connectivity index (χ1v) is 11.7. The SMILES string of the molecule is CCOc1cc(/C=C2\C(=O)NC(=O)N(c3ccc(C)cc3C)C2=O)cc(Cl)c1Cc1cccc(F)c1. The lowest BCUT2D eigenvalue weighted by Crippen LogP contribution is -2.54. The van der Waals surface area contributed by atoms with Gasteiger partial charge in [0.25, 0.3) is 11.8 Å². The Balaban J connectivity index is 1.73. The summed E-state index contributed by atoms with van der Waals surface area (Å²) < 4.78 is 19.5. The highest BCUT2D eigenvalue weighted by molar-refractivity contribution is 6.39. The molecule has 6 nitrogen and oxygen atoms in total. The summed E-state index contributed by atoms with van der Waals surface area (Å²) in [6.07, 6.45) is 1.71. The minimum absolute atomic E-state index is 0.217. The summed E-state index contributed by atoms with van der Waals surface area (Å²) >= 11 is 6.58. The van der Waals surface area contributed by atoms with Gasteiger partial charge in [-0.2, -0.15) is 0 Å². The molecule has 3 aromatic carbocycles. The van der Waals surface area contributed by atoms with Crippen LogP contribution in [0.25, 0.3) is 6.08 Å². The predicted molar refractivity (Wildman–Crippen MR) is 137 cm³/mol. The van der Waals surface area contributed by atoms with Gasteiger partial charge in [0.2, 0.25) is 0 Å². The highest BCUT2D eigenvalue weighted by atomic mass is 35.5. The highest BCUT2D eigenvalue weighted by Crippen LogP contribution is 2.33. The summed E-state index contributed by atoms with van der Waals surface area (Å²) in [5.41, 5.74) is 3.68. The monoisotopic (exact) mass is 506 g/mol. The van der Waals surface area contributed by atoms with Crippen molar-refractivity contribution in [3.63, 3.8) is 0 Å². The van der Waals surface area contributed by atoms with E-state index in [4.69, 9.17) is 16.3 Å². The van der Waals surface area contributed by atoms with E-state index >= 15 is 0 Å². The topological polar surface area (TPSA) is 75.7 Å². The zero-order chi connectivity index (χ0) is 26.0. The summed E-state index contributed by atoms with van der Waals surface area (Å²) in [4.78, 5) is 39.4. The Hall–Kier alpha value is -3.97. The van der Waals surface area contributed by atoms with Crippen LogP contribution in [0.4, 0.5) is 14.9 Å². The fourth-order valence-electron chi connectivity index (χ4n) is 4.12. The molecule has 1 aliphatic heterocycles. The molecule has 1 aliphatic rings. The third-order valence-electron chi connectivity index (χ3n) is 5.75. The minimum Gasteiger partial charge on any atom is -0.494 e. The maximum atomic E-state index is 13.7. The van der Waals surface area contributed by atoms with Gasteiger partial charge in [-0.25, -0.2) is 14.1 Å². The molecule has 0 spiro atoms. The number of benzene rings is 3. The second-order valence-corrected chi connectivity index (χ2v) is 8.87. The number of halogens is 2. The molecule has 8 heteroatoms.